The molecule has 1 heteroatoms. The molecule has 0 atom stereocenters. The van der Waals surface area contributed by atoms with Gasteiger partial charge >= 0.3 is 0 Å². The summed E-state index contributed by atoms with van der Waals surface area (Å²) in [5.74, 6) is 0.533. The first-order chi connectivity index (χ1) is 4.70. The maximum absolute atomic E-state index is 7.33. The lowest BCUT2D eigenvalue weighted by atomic mass is 10.0. The maximum Gasteiger partial charge on any atom is 0.0542 e. The highest BCUT2D eigenvalue weighted by Crippen LogP contribution is 2.16. The Bertz CT molecular complexity index is 216. The van der Waals surface area contributed by atoms with Crippen LogP contribution in [0.1, 0.15) is 25.3 Å². The van der Waals surface area contributed by atoms with Gasteiger partial charge in [-0.15, -0.1) is 0 Å². The minimum Gasteiger partial charge on any atom is -0.301 e. The summed E-state index contributed by atoms with van der Waals surface area (Å²) in [5.41, 5.74) is 9.18. The van der Waals surface area contributed by atoms with E-state index in [1.54, 1.807) is 6.07 Å². The van der Waals surface area contributed by atoms with E-state index < -0.39 is 0 Å². The number of nitrogens with one attached hydrogen (secondary N) is 1. The maximum atomic E-state index is 7.33. The highest BCUT2D eigenvalue weighted by Gasteiger charge is 1.96. The molecule has 0 saturated carbocycles. The molecule has 1 aromatic carbocycles. The van der Waals surface area contributed by atoms with Crippen LogP contribution in [0, 0.1) is 0 Å². The predicted molar refractivity (Wildman–Crippen MR) is 43.3 cm³/mol. The van der Waals surface area contributed by atoms with E-state index in [1.807, 2.05) is 12.1 Å². The van der Waals surface area contributed by atoms with Crippen LogP contribution < -0.4 is 5.73 Å². The van der Waals surface area contributed by atoms with Crippen molar-refractivity contribution in [2.75, 3.05) is 0 Å². The second-order valence-corrected chi connectivity index (χ2v) is 2.78. The van der Waals surface area contributed by atoms with Crippen LogP contribution in [0.15, 0.2) is 24.3 Å². The van der Waals surface area contributed by atoms with E-state index in [-0.39, 0.29) is 0 Å². The molecule has 0 spiro atoms. The molecule has 0 amide bonds. The molecule has 0 aliphatic heterocycles. The molecule has 0 saturated heterocycles. The number of rotatable bonds is 1. The molecule has 0 unspecified atom stereocenters. The summed E-state index contributed by atoms with van der Waals surface area (Å²) >= 11 is 0. The van der Waals surface area contributed by atoms with Crippen LogP contribution in [0.3, 0.4) is 0 Å². The molecule has 1 aromatic rings. The van der Waals surface area contributed by atoms with E-state index in [2.05, 4.69) is 19.9 Å². The lowest BCUT2D eigenvalue weighted by Gasteiger charge is -2.03. The molecule has 0 aromatic heterocycles. The van der Waals surface area contributed by atoms with Crippen molar-refractivity contribution in [3.8, 4) is 0 Å². The summed E-state index contributed by atoms with van der Waals surface area (Å²) in [5, 5.41) is 0. The smallest absolute Gasteiger partial charge is 0.0542 e. The molecule has 10 heavy (non-hydrogen) atoms. The highest BCUT2D eigenvalue weighted by atomic mass is 14.5. The van der Waals surface area contributed by atoms with Crippen LogP contribution >= 0.6 is 0 Å². The van der Waals surface area contributed by atoms with Crippen LogP contribution in [0.5, 0.6) is 0 Å². The lowest BCUT2D eigenvalue weighted by molar-refractivity contribution is 0.866. The van der Waals surface area contributed by atoms with Crippen molar-refractivity contribution in [1.82, 2.24) is 5.73 Å². The van der Waals surface area contributed by atoms with Crippen LogP contribution in [-0.2, 0) is 0 Å². The van der Waals surface area contributed by atoms with E-state index in [0.717, 1.165) is 0 Å². The van der Waals surface area contributed by atoms with Gasteiger partial charge in [0.15, 0.2) is 0 Å². The van der Waals surface area contributed by atoms with E-state index in [4.69, 9.17) is 5.73 Å². The average Bonchev–Trinajstić information content (AvgIpc) is 1.88. The van der Waals surface area contributed by atoms with Crippen molar-refractivity contribution in [2.24, 2.45) is 0 Å². The van der Waals surface area contributed by atoms with Crippen LogP contribution in [-0.4, -0.2) is 0 Å². The van der Waals surface area contributed by atoms with Gasteiger partial charge in [-0.05, 0) is 23.6 Å². The van der Waals surface area contributed by atoms with Gasteiger partial charge in [-0.25, -0.2) is 0 Å². The Morgan fingerprint density at radius 2 is 2.00 bits per heavy atom. The van der Waals surface area contributed by atoms with Crippen molar-refractivity contribution in [3.63, 3.8) is 0 Å². The van der Waals surface area contributed by atoms with E-state index in [1.165, 1.54) is 5.56 Å². The minimum atomic E-state index is 0.533. The third kappa shape index (κ3) is 1.50. The van der Waals surface area contributed by atoms with Gasteiger partial charge in [0.2, 0.25) is 0 Å². The Morgan fingerprint density at radius 1 is 1.30 bits per heavy atom. The fraction of sp³-hybridized carbons (Fsp3) is 0.333. The monoisotopic (exact) mass is 134 g/mol. The highest BCUT2D eigenvalue weighted by molar-refractivity contribution is 5.38. The third-order valence-corrected chi connectivity index (χ3v) is 1.55. The Balaban J connectivity index is 2.96. The number of hydrogen-bond acceptors (Lipinski definition) is 0. The zero-order valence-corrected chi connectivity index (χ0v) is 6.39. The number of benzene rings is 1. The molecule has 1 N–H and O–H groups in total. The fourth-order valence-corrected chi connectivity index (χ4v) is 0.898. The van der Waals surface area contributed by atoms with Crippen molar-refractivity contribution >= 4 is 5.69 Å². The van der Waals surface area contributed by atoms with Gasteiger partial charge in [0.05, 0.1) is 5.69 Å². The predicted octanol–water partition coefficient (Wildman–Crippen LogP) is 2.72. The Labute approximate surface area is 61.9 Å². The summed E-state index contributed by atoms with van der Waals surface area (Å²) in [6, 6.07) is 7.69. The van der Waals surface area contributed by atoms with Crippen molar-refractivity contribution in [3.05, 3.63) is 29.8 Å². The van der Waals surface area contributed by atoms with Crippen molar-refractivity contribution in [2.45, 2.75) is 19.8 Å². The second kappa shape index (κ2) is 2.74. The zero-order chi connectivity index (χ0) is 7.56. The topological polar surface area (TPSA) is 23.8 Å². The average molecular weight is 134 g/mol. The summed E-state index contributed by atoms with van der Waals surface area (Å²) in [4.78, 5) is 0. The van der Waals surface area contributed by atoms with Crippen LogP contribution in [0.2, 0.25) is 0 Å². The SMILES string of the molecule is CC(C)c1cccc([NH])c1. The molecule has 53 valence electrons. The Hall–Kier alpha value is -0.980. The van der Waals surface area contributed by atoms with Gasteiger partial charge < -0.3 is 5.73 Å². The van der Waals surface area contributed by atoms with E-state index in [0.29, 0.717) is 11.6 Å². The summed E-state index contributed by atoms with van der Waals surface area (Å²) < 4.78 is 0. The molecule has 1 radical (unpaired) electrons. The first-order valence-corrected chi connectivity index (χ1v) is 3.51. The quantitative estimate of drug-likeness (QED) is 0.564. The summed E-state index contributed by atoms with van der Waals surface area (Å²) in [6.45, 7) is 4.27. The molecule has 0 heterocycles. The van der Waals surface area contributed by atoms with Gasteiger partial charge in [0, 0.05) is 0 Å². The van der Waals surface area contributed by atoms with Crippen LogP contribution in [0.4, 0.5) is 5.69 Å². The molecule has 0 aliphatic carbocycles. The summed E-state index contributed by atoms with van der Waals surface area (Å²) in [6.07, 6.45) is 0. The van der Waals surface area contributed by atoms with E-state index >= 15 is 0 Å². The molecular formula is C9H12N. The van der Waals surface area contributed by atoms with Crippen molar-refractivity contribution < 1.29 is 0 Å². The Kier molecular flexibility index (Phi) is 1.95. The summed E-state index contributed by atoms with van der Waals surface area (Å²) in [7, 11) is 0. The zero-order valence-electron chi connectivity index (χ0n) is 6.39. The first kappa shape index (κ1) is 7.13. The molecule has 0 fully saturated rings. The van der Waals surface area contributed by atoms with Gasteiger partial charge in [-0.1, -0.05) is 26.0 Å². The largest absolute Gasteiger partial charge is 0.301 e. The van der Waals surface area contributed by atoms with Crippen molar-refractivity contribution in [1.29, 1.82) is 0 Å². The molecular weight excluding hydrogens is 122 g/mol. The molecule has 0 aliphatic rings. The molecule has 1 rings (SSSR count). The second-order valence-electron chi connectivity index (χ2n) is 2.78. The standard InChI is InChI=1S/C9H12N/c1-7(2)8-4-3-5-9(10)6-8/h3-7,10H,1-2H3. The third-order valence-electron chi connectivity index (χ3n) is 1.55. The first-order valence-electron chi connectivity index (χ1n) is 3.51. The Morgan fingerprint density at radius 3 is 2.40 bits per heavy atom. The van der Waals surface area contributed by atoms with Crippen LogP contribution in [0.25, 0.3) is 0 Å². The molecule has 1 nitrogen and oxygen atoms in total. The minimum absolute atomic E-state index is 0.533. The lowest BCUT2D eigenvalue weighted by Crippen LogP contribution is -1.85. The van der Waals surface area contributed by atoms with Gasteiger partial charge in [-0.2, -0.15) is 0 Å². The van der Waals surface area contributed by atoms with Gasteiger partial charge in [0.25, 0.3) is 0 Å². The van der Waals surface area contributed by atoms with Gasteiger partial charge in [-0.3, -0.25) is 0 Å². The molecule has 0 bridgehead atoms. The fourth-order valence-electron chi connectivity index (χ4n) is 0.898. The van der Waals surface area contributed by atoms with Gasteiger partial charge in [0.1, 0.15) is 0 Å². The normalized spacial score (nSPS) is 10.3. The number of hydrogen-bond donors (Lipinski definition) is 0. The van der Waals surface area contributed by atoms with E-state index in [9.17, 15) is 0 Å².